The Balaban J connectivity index is 2.19. The number of halogens is 2. The number of hydrazone groups is 1. The number of hydrogen-bond donors (Lipinski definition) is 1. The standard InChI is InChI=1S/C18H18BrIN2O3/c1-3-24-17-9-14(10-21-22-12(2)23)8-16(19)18(17)25-11-13-4-6-15(20)7-5-13/h4-10H,3,11H2,1-2H3,(H,22,23)/b21-10-. The van der Waals surface area contributed by atoms with Gasteiger partial charge in [-0.15, -0.1) is 0 Å². The number of nitrogens with one attached hydrogen (secondary N) is 1. The highest BCUT2D eigenvalue weighted by molar-refractivity contribution is 14.1. The molecule has 2 aromatic carbocycles. The molecule has 0 atom stereocenters. The van der Waals surface area contributed by atoms with Gasteiger partial charge in [-0.3, -0.25) is 4.79 Å². The lowest BCUT2D eigenvalue weighted by molar-refractivity contribution is -0.118. The predicted octanol–water partition coefficient (Wildman–Crippen LogP) is 4.50. The van der Waals surface area contributed by atoms with Gasteiger partial charge in [0.2, 0.25) is 5.91 Å². The maximum absolute atomic E-state index is 10.9. The molecule has 0 aliphatic heterocycles. The number of carbonyl (C=O) groups is 1. The van der Waals surface area contributed by atoms with E-state index >= 15 is 0 Å². The third-order valence-electron chi connectivity index (χ3n) is 3.06. The highest BCUT2D eigenvalue weighted by atomic mass is 127. The Morgan fingerprint density at radius 2 is 2.00 bits per heavy atom. The fourth-order valence-corrected chi connectivity index (χ4v) is 2.93. The Morgan fingerprint density at radius 1 is 1.28 bits per heavy atom. The first kappa shape index (κ1) is 19.7. The van der Waals surface area contributed by atoms with E-state index in [1.807, 2.05) is 43.3 Å². The first-order valence-corrected chi connectivity index (χ1v) is 9.50. The van der Waals surface area contributed by atoms with Crippen LogP contribution in [-0.4, -0.2) is 18.7 Å². The van der Waals surface area contributed by atoms with Gasteiger partial charge in [-0.1, -0.05) is 12.1 Å². The van der Waals surface area contributed by atoms with Crippen molar-refractivity contribution in [3.63, 3.8) is 0 Å². The van der Waals surface area contributed by atoms with Crippen LogP contribution in [0.2, 0.25) is 0 Å². The molecule has 1 amide bonds. The lowest BCUT2D eigenvalue weighted by atomic mass is 10.2. The van der Waals surface area contributed by atoms with Gasteiger partial charge in [-0.25, -0.2) is 5.43 Å². The first-order valence-electron chi connectivity index (χ1n) is 7.62. The molecule has 0 aliphatic rings. The molecular formula is C18H18BrIN2O3. The highest BCUT2D eigenvalue weighted by Crippen LogP contribution is 2.37. The van der Waals surface area contributed by atoms with Crippen LogP contribution in [0.5, 0.6) is 11.5 Å². The fourth-order valence-electron chi connectivity index (χ4n) is 2.00. The minimum Gasteiger partial charge on any atom is -0.490 e. The van der Waals surface area contributed by atoms with Gasteiger partial charge < -0.3 is 9.47 Å². The van der Waals surface area contributed by atoms with Crippen LogP contribution in [0.4, 0.5) is 0 Å². The lowest BCUT2D eigenvalue weighted by Gasteiger charge is -2.14. The maximum atomic E-state index is 10.9. The normalized spacial score (nSPS) is 10.7. The average molecular weight is 517 g/mol. The summed E-state index contributed by atoms with van der Waals surface area (Å²) >= 11 is 5.79. The van der Waals surface area contributed by atoms with Gasteiger partial charge in [0.15, 0.2) is 11.5 Å². The smallest absolute Gasteiger partial charge is 0.236 e. The monoisotopic (exact) mass is 516 g/mol. The van der Waals surface area contributed by atoms with Crippen LogP contribution in [0.1, 0.15) is 25.0 Å². The van der Waals surface area contributed by atoms with Crippen molar-refractivity contribution in [3.05, 3.63) is 55.6 Å². The van der Waals surface area contributed by atoms with Crippen LogP contribution in [-0.2, 0) is 11.4 Å². The number of nitrogens with zero attached hydrogens (tertiary/aromatic N) is 1. The van der Waals surface area contributed by atoms with Gasteiger partial charge >= 0.3 is 0 Å². The molecule has 0 heterocycles. The van der Waals surface area contributed by atoms with Crippen molar-refractivity contribution in [1.82, 2.24) is 5.43 Å². The summed E-state index contributed by atoms with van der Waals surface area (Å²) in [5.41, 5.74) is 4.23. The molecule has 0 spiro atoms. The molecule has 0 aromatic heterocycles. The van der Waals surface area contributed by atoms with Crippen LogP contribution in [0.25, 0.3) is 0 Å². The van der Waals surface area contributed by atoms with Gasteiger partial charge in [0.05, 0.1) is 17.3 Å². The van der Waals surface area contributed by atoms with E-state index in [0.29, 0.717) is 24.7 Å². The topological polar surface area (TPSA) is 59.9 Å². The van der Waals surface area contributed by atoms with Crippen molar-refractivity contribution in [2.45, 2.75) is 20.5 Å². The summed E-state index contributed by atoms with van der Waals surface area (Å²) in [5.74, 6) is 1.03. The minimum absolute atomic E-state index is 0.224. The molecular weight excluding hydrogens is 499 g/mol. The quantitative estimate of drug-likeness (QED) is 0.335. The van der Waals surface area contributed by atoms with Crippen LogP contribution in [0.3, 0.4) is 0 Å². The molecule has 0 saturated carbocycles. The van der Waals surface area contributed by atoms with Crippen LogP contribution in [0, 0.1) is 3.57 Å². The molecule has 0 unspecified atom stereocenters. The van der Waals surface area contributed by atoms with E-state index in [-0.39, 0.29) is 5.91 Å². The Morgan fingerprint density at radius 3 is 2.64 bits per heavy atom. The molecule has 0 aliphatic carbocycles. The van der Waals surface area contributed by atoms with E-state index in [1.165, 1.54) is 10.5 Å². The van der Waals surface area contributed by atoms with Crippen molar-refractivity contribution >= 4 is 50.6 Å². The SMILES string of the molecule is CCOc1cc(/C=N\NC(C)=O)cc(Br)c1OCc1ccc(I)cc1. The van der Waals surface area contributed by atoms with E-state index in [0.717, 1.165) is 15.6 Å². The number of rotatable bonds is 7. The Hall–Kier alpha value is -1.61. The second kappa shape index (κ2) is 9.76. The van der Waals surface area contributed by atoms with Crippen molar-refractivity contribution in [3.8, 4) is 11.5 Å². The minimum atomic E-state index is -0.224. The first-order chi connectivity index (χ1) is 12.0. The number of carbonyl (C=O) groups excluding carboxylic acids is 1. The molecule has 1 N–H and O–H groups in total. The molecule has 0 fully saturated rings. The van der Waals surface area contributed by atoms with Gasteiger partial charge in [0.25, 0.3) is 0 Å². The maximum Gasteiger partial charge on any atom is 0.236 e. The van der Waals surface area contributed by atoms with E-state index in [4.69, 9.17) is 9.47 Å². The zero-order chi connectivity index (χ0) is 18.2. The molecule has 0 bridgehead atoms. The van der Waals surface area contributed by atoms with Crippen molar-refractivity contribution in [2.75, 3.05) is 6.61 Å². The van der Waals surface area contributed by atoms with Crippen molar-refractivity contribution < 1.29 is 14.3 Å². The van der Waals surface area contributed by atoms with Gasteiger partial charge in [0, 0.05) is 10.5 Å². The zero-order valence-corrected chi connectivity index (χ0v) is 17.6. The lowest BCUT2D eigenvalue weighted by Crippen LogP contribution is -2.12. The van der Waals surface area contributed by atoms with E-state index < -0.39 is 0 Å². The zero-order valence-electron chi connectivity index (χ0n) is 13.9. The Bertz CT molecular complexity index is 764. The Labute approximate surface area is 169 Å². The molecule has 5 nitrogen and oxygen atoms in total. The summed E-state index contributed by atoms with van der Waals surface area (Å²) in [6, 6.07) is 11.8. The van der Waals surface area contributed by atoms with E-state index in [1.54, 1.807) is 6.21 Å². The van der Waals surface area contributed by atoms with Crippen LogP contribution < -0.4 is 14.9 Å². The molecule has 7 heteroatoms. The summed E-state index contributed by atoms with van der Waals surface area (Å²) in [4.78, 5) is 10.9. The van der Waals surface area contributed by atoms with Crippen LogP contribution >= 0.6 is 38.5 Å². The highest BCUT2D eigenvalue weighted by Gasteiger charge is 2.12. The van der Waals surface area contributed by atoms with E-state index in [2.05, 4.69) is 49.0 Å². The molecule has 2 rings (SSSR count). The van der Waals surface area contributed by atoms with Crippen LogP contribution in [0.15, 0.2) is 46.0 Å². The largest absolute Gasteiger partial charge is 0.490 e. The number of amides is 1. The summed E-state index contributed by atoms with van der Waals surface area (Å²) in [5, 5.41) is 3.87. The second-order valence-corrected chi connectivity index (χ2v) is 7.20. The van der Waals surface area contributed by atoms with E-state index in [9.17, 15) is 4.79 Å². The molecule has 0 saturated heterocycles. The predicted molar refractivity (Wildman–Crippen MR) is 110 cm³/mol. The number of benzene rings is 2. The number of ether oxygens (including phenoxy) is 2. The van der Waals surface area contributed by atoms with Gasteiger partial charge in [0.1, 0.15) is 6.61 Å². The van der Waals surface area contributed by atoms with Crippen molar-refractivity contribution in [1.29, 1.82) is 0 Å². The Kier molecular flexibility index (Phi) is 7.70. The molecule has 0 radical (unpaired) electrons. The third kappa shape index (κ3) is 6.32. The molecule has 2 aromatic rings. The summed E-state index contributed by atoms with van der Waals surface area (Å²) in [6.07, 6.45) is 1.55. The summed E-state index contributed by atoms with van der Waals surface area (Å²) in [6.45, 7) is 4.27. The third-order valence-corrected chi connectivity index (χ3v) is 4.37. The fraction of sp³-hybridized carbons (Fsp3) is 0.222. The average Bonchev–Trinajstić information content (AvgIpc) is 2.55. The summed E-state index contributed by atoms with van der Waals surface area (Å²) < 4.78 is 13.6. The summed E-state index contributed by atoms with van der Waals surface area (Å²) in [7, 11) is 0. The number of hydrogen-bond acceptors (Lipinski definition) is 4. The molecule has 132 valence electrons. The second-order valence-electron chi connectivity index (χ2n) is 5.10. The van der Waals surface area contributed by atoms with Gasteiger partial charge in [-0.2, -0.15) is 5.10 Å². The molecule has 25 heavy (non-hydrogen) atoms. The van der Waals surface area contributed by atoms with Crippen molar-refractivity contribution in [2.24, 2.45) is 5.10 Å². The van der Waals surface area contributed by atoms with Gasteiger partial charge in [-0.05, 0) is 80.8 Å².